The van der Waals surface area contributed by atoms with E-state index in [1.807, 2.05) is 0 Å². The summed E-state index contributed by atoms with van der Waals surface area (Å²) in [5.74, 6) is 0.300. The maximum Gasteiger partial charge on any atom is 0.165 e. The summed E-state index contributed by atoms with van der Waals surface area (Å²) in [6, 6.07) is 3.68. The van der Waals surface area contributed by atoms with Crippen molar-refractivity contribution in [3.05, 3.63) is 24.1 Å². The van der Waals surface area contributed by atoms with E-state index in [-0.39, 0.29) is 5.82 Å². The highest BCUT2D eigenvalue weighted by atomic mass is 19.1. The van der Waals surface area contributed by atoms with Crippen LogP contribution in [0.15, 0.2) is 18.3 Å². The van der Waals surface area contributed by atoms with E-state index in [1.165, 1.54) is 6.07 Å². The molecule has 0 aromatic carbocycles. The monoisotopic (exact) mass is 250 g/mol. The zero-order valence-corrected chi connectivity index (χ0v) is 10.5. The van der Waals surface area contributed by atoms with E-state index in [0.29, 0.717) is 11.9 Å². The second kappa shape index (κ2) is 5.20. The molecular weight excluding hydrogens is 231 g/mol. The van der Waals surface area contributed by atoms with Crippen molar-refractivity contribution in [2.24, 2.45) is 0 Å². The van der Waals surface area contributed by atoms with Gasteiger partial charge in [0.15, 0.2) is 11.6 Å². The number of hydrogen-bond donors (Lipinski definition) is 1. The third-order valence-electron chi connectivity index (χ3n) is 3.87. The van der Waals surface area contributed by atoms with Crippen molar-refractivity contribution in [2.45, 2.75) is 12.5 Å². The van der Waals surface area contributed by atoms with Crippen LogP contribution in [0.2, 0.25) is 0 Å². The number of nitrogens with zero attached hydrogens (tertiary/aromatic N) is 3. The van der Waals surface area contributed by atoms with Gasteiger partial charge in [0.2, 0.25) is 0 Å². The van der Waals surface area contributed by atoms with Crippen molar-refractivity contribution < 1.29 is 4.39 Å². The summed E-state index contributed by atoms with van der Waals surface area (Å²) in [6.45, 7) is 6.13. The van der Waals surface area contributed by atoms with Crippen molar-refractivity contribution in [2.75, 3.05) is 44.2 Å². The largest absolute Gasteiger partial charge is 0.353 e. The van der Waals surface area contributed by atoms with Gasteiger partial charge in [0.25, 0.3) is 0 Å². The van der Waals surface area contributed by atoms with Crippen molar-refractivity contribution in [1.29, 1.82) is 0 Å². The summed E-state index contributed by atoms with van der Waals surface area (Å²) >= 11 is 0. The van der Waals surface area contributed by atoms with Crippen LogP contribution in [0.5, 0.6) is 0 Å². The zero-order valence-electron chi connectivity index (χ0n) is 10.5. The van der Waals surface area contributed by atoms with Gasteiger partial charge >= 0.3 is 0 Å². The van der Waals surface area contributed by atoms with Crippen molar-refractivity contribution in [3.63, 3.8) is 0 Å². The van der Waals surface area contributed by atoms with Crippen LogP contribution >= 0.6 is 0 Å². The van der Waals surface area contributed by atoms with Gasteiger partial charge in [0.05, 0.1) is 0 Å². The van der Waals surface area contributed by atoms with E-state index < -0.39 is 0 Å². The van der Waals surface area contributed by atoms with E-state index in [9.17, 15) is 4.39 Å². The van der Waals surface area contributed by atoms with Crippen LogP contribution in [0, 0.1) is 5.82 Å². The highest BCUT2D eigenvalue weighted by Crippen LogP contribution is 2.23. The number of anilines is 1. The Labute approximate surface area is 107 Å². The minimum atomic E-state index is -0.210. The number of hydrogen-bond acceptors (Lipinski definition) is 4. The van der Waals surface area contributed by atoms with Crippen LogP contribution in [0.25, 0.3) is 0 Å². The van der Waals surface area contributed by atoms with Crippen LogP contribution in [0.4, 0.5) is 10.2 Å². The average Bonchev–Trinajstić information content (AvgIpc) is 2.90. The third-order valence-corrected chi connectivity index (χ3v) is 3.87. The Morgan fingerprint density at radius 1 is 1.28 bits per heavy atom. The van der Waals surface area contributed by atoms with Gasteiger partial charge < -0.3 is 10.2 Å². The van der Waals surface area contributed by atoms with Gasteiger partial charge in [0, 0.05) is 51.5 Å². The van der Waals surface area contributed by atoms with Gasteiger partial charge in [-0.2, -0.15) is 0 Å². The summed E-state index contributed by atoms with van der Waals surface area (Å²) < 4.78 is 13.7. The molecule has 4 nitrogen and oxygen atoms in total. The molecule has 2 aliphatic heterocycles. The Kier molecular flexibility index (Phi) is 3.43. The van der Waals surface area contributed by atoms with Crippen LogP contribution < -0.4 is 10.2 Å². The molecule has 0 radical (unpaired) electrons. The van der Waals surface area contributed by atoms with Gasteiger partial charge in [-0.25, -0.2) is 9.37 Å². The zero-order chi connectivity index (χ0) is 12.4. The molecule has 0 aliphatic carbocycles. The lowest BCUT2D eigenvalue weighted by atomic mass is 10.2. The van der Waals surface area contributed by atoms with E-state index >= 15 is 0 Å². The van der Waals surface area contributed by atoms with Gasteiger partial charge in [0.1, 0.15) is 0 Å². The van der Waals surface area contributed by atoms with E-state index in [0.717, 1.165) is 45.7 Å². The first kappa shape index (κ1) is 11.9. The van der Waals surface area contributed by atoms with Crippen molar-refractivity contribution >= 4 is 5.82 Å². The van der Waals surface area contributed by atoms with Gasteiger partial charge in [-0.3, -0.25) is 4.90 Å². The highest BCUT2D eigenvalue weighted by molar-refractivity contribution is 5.41. The summed E-state index contributed by atoms with van der Waals surface area (Å²) in [4.78, 5) is 8.74. The smallest absolute Gasteiger partial charge is 0.165 e. The number of aromatic nitrogens is 1. The molecule has 0 bridgehead atoms. The Morgan fingerprint density at radius 3 is 2.89 bits per heavy atom. The molecule has 3 rings (SSSR count). The van der Waals surface area contributed by atoms with E-state index in [4.69, 9.17) is 0 Å². The van der Waals surface area contributed by atoms with E-state index in [1.54, 1.807) is 12.3 Å². The number of halogens is 1. The van der Waals surface area contributed by atoms with Gasteiger partial charge in [-0.1, -0.05) is 0 Å². The Hall–Kier alpha value is -1.20. The lowest BCUT2D eigenvalue weighted by Gasteiger charge is -2.32. The van der Waals surface area contributed by atoms with Crippen molar-refractivity contribution in [3.8, 4) is 0 Å². The molecule has 2 fully saturated rings. The molecule has 5 heteroatoms. The predicted molar refractivity (Wildman–Crippen MR) is 69.3 cm³/mol. The number of pyridine rings is 1. The summed E-state index contributed by atoms with van der Waals surface area (Å²) in [6.07, 6.45) is 2.77. The van der Waals surface area contributed by atoms with Gasteiger partial charge in [-0.15, -0.1) is 0 Å². The Balaban J connectivity index is 1.66. The maximum absolute atomic E-state index is 13.7. The molecule has 18 heavy (non-hydrogen) atoms. The van der Waals surface area contributed by atoms with Crippen LogP contribution in [0.1, 0.15) is 6.42 Å². The molecule has 0 saturated carbocycles. The maximum atomic E-state index is 13.7. The van der Waals surface area contributed by atoms with E-state index in [2.05, 4.69) is 20.1 Å². The van der Waals surface area contributed by atoms with Crippen LogP contribution in [0.3, 0.4) is 0 Å². The summed E-state index contributed by atoms with van der Waals surface area (Å²) in [7, 11) is 0. The lowest BCUT2D eigenvalue weighted by Crippen LogP contribution is -2.49. The first-order valence-electron chi connectivity index (χ1n) is 6.65. The molecule has 1 atom stereocenters. The molecule has 1 aromatic heterocycles. The first-order chi connectivity index (χ1) is 8.84. The fourth-order valence-corrected chi connectivity index (χ4v) is 2.89. The fraction of sp³-hybridized carbons (Fsp3) is 0.615. The molecule has 3 heterocycles. The topological polar surface area (TPSA) is 31.4 Å². The second-order valence-electron chi connectivity index (χ2n) is 4.98. The molecular formula is C13H19FN4. The average molecular weight is 250 g/mol. The third kappa shape index (κ3) is 2.33. The molecule has 1 unspecified atom stereocenters. The minimum Gasteiger partial charge on any atom is -0.353 e. The number of piperazine rings is 1. The molecule has 0 spiro atoms. The predicted octanol–water partition coefficient (Wildman–Crippen LogP) is 0.705. The highest BCUT2D eigenvalue weighted by Gasteiger charge is 2.29. The quantitative estimate of drug-likeness (QED) is 0.837. The molecule has 0 amide bonds. The minimum absolute atomic E-state index is 0.210. The van der Waals surface area contributed by atoms with Crippen LogP contribution in [-0.2, 0) is 0 Å². The normalized spacial score (nSPS) is 25.6. The summed E-state index contributed by atoms with van der Waals surface area (Å²) in [5, 5.41) is 3.36. The lowest BCUT2D eigenvalue weighted by molar-refractivity contribution is 0.185. The molecule has 1 aromatic rings. The Morgan fingerprint density at radius 2 is 2.11 bits per heavy atom. The Bertz CT molecular complexity index is 406. The molecule has 1 N–H and O–H groups in total. The molecule has 2 saturated heterocycles. The molecule has 2 aliphatic rings. The van der Waals surface area contributed by atoms with Crippen molar-refractivity contribution in [1.82, 2.24) is 15.2 Å². The number of nitrogens with one attached hydrogen (secondary N) is 1. The number of rotatable bonds is 2. The summed E-state index contributed by atoms with van der Waals surface area (Å²) in [5.41, 5.74) is 0. The second-order valence-corrected chi connectivity index (χ2v) is 4.98. The SMILES string of the molecule is Fc1cccnc1N1CCC(N2CCNCC2)C1. The fourth-order valence-electron chi connectivity index (χ4n) is 2.89. The van der Waals surface area contributed by atoms with Crippen LogP contribution in [-0.4, -0.2) is 55.2 Å². The first-order valence-corrected chi connectivity index (χ1v) is 6.65. The van der Waals surface area contributed by atoms with Gasteiger partial charge in [-0.05, 0) is 18.6 Å². The molecule has 98 valence electrons. The standard InChI is InChI=1S/C13H19FN4/c14-12-2-1-4-16-13(12)18-7-3-11(10-18)17-8-5-15-6-9-17/h1-2,4,11,15H,3,5-10H2.